The SMILES string of the molecule is CC(C)c1cccc(C(C)C)c1C(=O)[NH][Hf+2]([C]1=CC=CC1)[SiH](C)C.[Cl-].[Cl-]. The molecule has 1 aliphatic rings. The van der Waals surface area contributed by atoms with Gasteiger partial charge < -0.3 is 24.8 Å². The molecular formula is C20H30Cl2HfNOSi. The van der Waals surface area contributed by atoms with E-state index in [2.05, 4.69) is 80.5 Å². The summed E-state index contributed by atoms with van der Waals surface area (Å²) >= 11 is -2.20. The molecule has 0 aromatic heterocycles. The van der Waals surface area contributed by atoms with Crippen LogP contribution in [-0.4, -0.2) is 11.9 Å². The predicted molar refractivity (Wildman–Crippen MR) is 103 cm³/mol. The van der Waals surface area contributed by atoms with Crippen molar-refractivity contribution in [1.29, 1.82) is 0 Å². The van der Waals surface area contributed by atoms with E-state index in [0.717, 1.165) is 12.0 Å². The Labute approximate surface area is 180 Å². The van der Waals surface area contributed by atoms with E-state index in [0.29, 0.717) is 11.8 Å². The van der Waals surface area contributed by atoms with Crippen molar-refractivity contribution in [1.82, 2.24) is 3.30 Å². The van der Waals surface area contributed by atoms with Gasteiger partial charge in [0.25, 0.3) is 0 Å². The van der Waals surface area contributed by atoms with Crippen LogP contribution in [0.5, 0.6) is 0 Å². The molecule has 26 heavy (non-hydrogen) atoms. The molecule has 1 aromatic rings. The molecule has 0 radical (unpaired) electrons. The summed E-state index contributed by atoms with van der Waals surface area (Å²) in [6.07, 6.45) is 7.72. The molecule has 0 spiro atoms. The van der Waals surface area contributed by atoms with Crippen LogP contribution in [-0.2, 0) is 20.9 Å². The summed E-state index contributed by atoms with van der Waals surface area (Å²) in [5.41, 5.74) is 3.33. The van der Waals surface area contributed by atoms with Gasteiger partial charge in [0.1, 0.15) is 0 Å². The van der Waals surface area contributed by atoms with Crippen LogP contribution in [0.3, 0.4) is 0 Å². The van der Waals surface area contributed by atoms with Crippen molar-refractivity contribution in [2.75, 3.05) is 0 Å². The van der Waals surface area contributed by atoms with Gasteiger partial charge in [0.15, 0.2) is 0 Å². The molecule has 1 amide bonds. The first-order chi connectivity index (χ1) is 11.3. The molecule has 0 atom stereocenters. The van der Waals surface area contributed by atoms with Crippen LogP contribution in [0.4, 0.5) is 0 Å². The molecule has 0 saturated heterocycles. The van der Waals surface area contributed by atoms with Gasteiger partial charge in [-0.2, -0.15) is 0 Å². The minimum absolute atomic E-state index is 0. The number of allylic oxidation sites excluding steroid dienone is 4. The molecule has 1 aromatic carbocycles. The fourth-order valence-corrected chi connectivity index (χ4v) is 22.3. The Morgan fingerprint density at radius 3 is 2.00 bits per heavy atom. The molecule has 6 heteroatoms. The largest absolute Gasteiger partial charge is 1.00 e. The summed E-state index contributed by atoms with van der Waals surface area (Å²) in [6, 6.07) is 6.35. The zero-order chi connectivity index (χ0) is 17.9. The van der Waals surface area contributed by atoms with Crippen molar-refractivity contribution in [3.8, 4) is 0 Å². The fraction of sp³-hybridized carbons (Fsp3) is 0.450. The number of rotatable bonds is 6. The number of amides is 1. The van der Waals surface area contributed by atoms with Crippen LogP contribution < -0.4 is 28.1 Å². The van der Waals surface area contributed by atoms with Gasteiger partial charge in [-0.05, 0) is 0 Å². The van der Waals surface area contributed by atoms with Crippen LogP contribution in [0, 0.1) is 0 Å². The zero-order valence-corrected chi connectivity index (χ0v) is 22.8. The molecule has 1 aliphatic carbocycles. The molecule has 0 bridgehead atoms. The number of benzene rings is 1. The zero-order valence-electron chi connectivity index (χ0n) is 16.6. The second-order valence-electron chi connectivity index (χ2n) is 7.47. The summed E-state index contributed by atoms with van der Waals surface area (Å²) in [5, 5.41) is 0. The Bertz CT molecular complexity index is 646. The van der Waals surface area contributed by atoms with Gasteiger partial charge >= 0.3 is 156 Å². The molecule has 2 rings (SSSR count). The summed E-state index contributed by atoms with van der Waals surface area (Å²) in [5.74, 6) is 0.0937. The van der Waals surface area contributed by atoms with Gasteiger partial charge in [0, 0.05) is 0 Å². The first kappa shape index (κ1) is 25.8. The minimum atomic E-state index is -2.20. The van der Waals surface area contributed by atoms with Gasteiger partial charge in [0.2, 0.25) is 0 Å². The molecule has 0 fully saturated rings. The normalized spacial score (nSPS) is 12.7. The number of hydrogen-bond donors (Lipinski definition) is 1. The van der Waals surface area contributed by atoms with E-state index in [1.54, 1.807) is 3.33 Å². The van der Waals surface area contributed by atoms with E-state index in [1.807, 2.05) is 0 Å². The van der Waals surface area contributed by atoms with Crippen LogP contribution in [0.2, 0.25) is 13.1 Å². The van der Waals surface area contributed by atoms with Crippen molar-refractivity contribution < 1.29 is 50.5 Å². The Morgan fingerprint density at radius 2 is 1.62 bits per heavy atom. The predicted octanol–water partition coefficient (Wildman–Crippen LogP) is -0.968. The monoisotopic (exact) mass is 578 g/mol. The maximum Gasteiger partial charge on any atom is -1.00 e. The standard InChI is InChI=1S/C13H19NO.C5H5.C2H7Si.2ClH.Hf/c1-8(2)10-6-5-7-11(9(3)4)12(10)13(14)15;1-2-4-5-3-1;1-3-2;;;/h5-9H,1-4H3,(H2,14,15);1-3H,4H2;3H,1-2H3;2*1H;/q;;;;;+3/p-3. The minimum Gasteiger partial charge on any atom is -1.00 e. The maximum absolute atomic E-state index is 13.3. The Hall–Kier alpha value is -0.163. The molecule has 0 saturated carbocycles. The Kier molecular flexibility index (Phi) is 11.6. The average molecular weight is 578 g/mol. The number of carbonyl (C=O) groups excluding carboxylic acids is 1. The van der Waals surface area contributed by atoms with Gasteiger partial charge in [-0.1, -0.05) is 0 Å². The van der Waals surface area contributed by atoms with Gasteiger partial charge in [-0.3, -0.25) is 0 Å². The van der Waals surface area contributed by atoms with Gasteiger partial charge in [0.05, 0.1) is 0 Å². The van der Waals surface area contributed by atoms with E-state index in [1.165, 1.54) is 11.1 Å². The number of carbonyl (C=O) groups is 1. The molecule has 1 N–H and O–H groups in total. The van der Waals surface area contributed by atoms with E-state index < -0.39 is 26.9 Å². The Morgan fingerprint density at radius 1 is 1.08 bits per heavy atom. The van der Waals surface area contributed by atoms with Crippen molar-refractivity contribution in [2.45, 2.75) is 59.0 Å². The van der Waals surface area contributed by atoms with E-state index in [-0.39, 0.29) is 30.7 Å². The quantitative estimate of drug-likeness (QED) is 0.434. The van der Waals surface area contributed by atoms with E-state index >= 15 is 0 Å². The molecule has 0 heterocycles. The van der Waals surface area contributed by atoms with Crippen molar-refractivity contribution in [3.63, 3.8) is 0 Å². The smallest absolute Gasteiger partial charge is 1.00 e. The van der Waals surface area contributed by atoms with Crippen molar-refractivity contribution in [3.05, 3.63) is 56.4 Å². The third kappa shape index (κ3) is 6.18. The van der Waals surface area contributed by atoms with Crippen LogP contribution in [0.1, 0.15) is 67.4 Å². The number of nitrogens with one attached hydrogen (secondary N) is 1. The van der Waals surface area contributed by atoms with Gasteiger partial charge in [-0.15, -0.1) is 0 Å². The Balaban J connectivity index is 0.00000312. The van der Waals surface area contributed by atoms with Crippen molar-refractivity contribution in [2.24, 2.45) is 0 Å². The molecule has 0 aliphatic heterocycles. The second kappa shape index (κ2) is 11.6. The number of halogens is 2. The summed E-state index contributed by atoms with van der Waals surface area (Å²) in [7, 11) is 0. The third-order valence-electron chi connectivity index (χ3n) is 4.54. The van der Waals surface area contributed by atoms with Crippen LogP contribution >= 0.6 is 0 Å². The van der Waals surface area contributed by atoms with Crippen LogP contribution in [0.15, 0.2) is 39.8 Å². The van der Waals surface area contributed by atoms with Crippen LogP contribution in [0.25, 0.3) is 0 Å². The molecule has 143 valence electrons. The van der Waals surface area contributed by atoms with E-state index in [4.69, 9.17) is 0 Å². The topological polar surface area (TPSA) is 29.1 Å². The second-order valence-corrected chi connectivity index (χ2v) is 33.1. The first-order valence-electron chi connectivity index (χ1n) is 9.00. The summed E-state index contributed by atoms with van der Waals surface area (Å²) in [6.45, 7) is 13.5. The van der Waals surface area contributed by atoms with E-state index in [9.17, 15) is 4.79 Å². The third-order valence-corrected chi connectivity index (χ3v) is 28.0. The first-order valence-corrected chi connectivity index (χ1v) is 21.7. The summed E-state index contributed by atoms with van der Waals surface area (Å²) < 4.78 is 5.17. The molecule has 2 nitrogen and oxygen atoms in total. The molecular weight excluding hydrogens is 548 g/mol. The van der Waals surface area contributed by atoms with Crippen molar-refractivity contribution >= 4 is 11.9 Å². The fourth-order valence-electron chi connectivity index (χ4n) is 3.24. The number of hydrogen-bond acceptors (Lipinski definition) is 1. The molecule has 0 unspecified atom stereocenters. The maximum atomic E-state index is 13.3. The summed E-state index contributed by atoms with van der Waals surface area (Å²) in [4.78, 5) is 13.3. The average Bonchev–Trinajstić information content (AvgIpc) is 3.05. The van der Waals surface area contributed by atoms with Gasteiger partial charge in [-0.25, -0.2) is 0 Å².